The zero-order valence-electron chi connectivity index (χ0n) is 11.9. The van der Waals surface area contributed by atoms with Crippen molar-refractivity contribution in [3.8, 4) is 5.75 Å². The van der Waals surface area contributed by atoms with Gasteiger partial charge < -0.3 is 4.74 Å². The molecule has 0 amide bonds. The highest BCUT2D eigenvalue weighted by molar-refractivity contribution is 5.96. The van der Waals surface area contributed by atoms with Gasteiger partial charge in [-0.15, -0.1) is 0 Å². The molecule has 0 saturated heterocycles. The number of methoxy groups -OCH3 is 1. The van der Waals surface area contributed by atoms with Crippen LogP contribution < -0.4 is 4.74 Å². The zero-order valence-corrected chi connectivity index (χ0v) is 11.9. The lowest BCUT2D eigenvalue weighted by molar-refractivity contribution is 0.101. The van der Waals surface area contributed by atoms with E-state index < -0.39 is 0 Å². The summed E-state index contributed by atoms with van der Waals surface area (Å²) in [5.74, 6) is 1.01. The molecule has 0 aliphatic heterocycles. The average Bonchev–Trinajstić information content (AvgIpc) is 2.19. The topological polar surface area (TPSA) is 26.3 Å². The van der Waals surface area contributed by atoms with Crippen molar-refractivity contribution in [2.75, 3.05) is 7.11 Å². The zero-order chi connectivity index (χ0) is 13.4. The van der Waals surface area contributed by atoms with Crippen molar-refractivity contribution in [3.63, 3.8) is 0 Å². The number of hydrogen-bond acceptors (Lipinski definition) is 2. The minimum atomic E-state index is -0.0337. The molecule has 0 bridgehead atoms. The van der Waals surface area contributed by atoms with Gasteiger partial charge in [-0.1, -0.05) is 20.8 Å². The SMILES string of the molecule is COc1c(C(C)(C)C)cc(C(C)=O)c(C)c1C. The Morgan fingerprint density at radius 2 is 1.71 bits per heavy atom. The summed E-state index contributed by atoms with van der Waals surface area (Å²) in [5, 5.41) is 0. The van der Waals surface area contributed by atoms with Gasteiger partial charge in [0.25, 0.3) is 0 Å². The molecule has 1 aromatic carbocycles. The van der Waals surface area contributed by atoms with Gasteiger partial charge in [-0.05, 0) is 43.4 Å². The first kappa shape index (κ1) is 13.8. The maximum Gasteiger partial charge on any atom is 0.160 e. The number of hydrogen-bond donors (Lipinski definition) is 0. The van der Waals surface area contributed by atoms with E-state index in [2.05, 4.69) is 20.8 Å². The summed E-state index contributed by atoms with van der Waals surface area (Å²) in [6, 6.07) is 1.98. The van der Waals surface area contributed by atoms with Crippen LogP contribution in [0.25, 0.3) is 0 Å². The number of rotatable bonds is 2. The fourth-order valence-electron chi connectivity index (χ4n) is 2.08. The van der Waals surface area contributed by atoms with Crippen LogP contribution in [0.3, 0.4) is 0 Å². The molecule has 17 heavy (non-hydrogen) atoms. The number of carbonyl (C=O) groups excluding carboxylic acids is 1. The molecule has 0 saturated carbocycles. The van der Waals surface area contributed by atoms with E-state index in [1.54, 1.807) is 14.0 Å². The predicted octanol–water partition coefficient (Wildman–Crippen LogP) is 3.81. The molecular weight excluding hydrogens is 212 g/mol. The average molecular weight is 234 g/mol. The van der Waals surface area contributed by atoms with Crippen molar-refractivity contribution in [1.82, 2.24) is 0 Å². The maximum absolute atomic E-state index is 11.7. The van der Waals surface area contributed by atoms with E-state index in [0.29, 0.717) is 0 Å². The smallest absolute Gasteiger partial charge is 0.160 e. The molecule has 0 fully saturated rings. The molecular formula is C15H22O2. The quantitative estimate of drug-likeness (QED) is 0.727. The first-order valence-corrected chi connectivity index (χ1v) is 5.89. The van der Waals surface area contributed by atoms with Crippen molar-refractivity contribution in [2.24, 2.45) is 0 Å². The van der Waals surface area contributed by atoms with Crippen LogP contribution in [0.5, 0.6) is 5.75 Å². The second kappa shape index (κ2) is 4.52. The van der Waals surface area contributed by atoms with E-state index >= 15 is 0 Å². The summed E-state index contributed by atoms with van der Waals surface area (Å²) in [4.78, 5) is 11.7. The Kier molecular flexibility index (Phi) is 3.65. The Labute approximate surface area is 104 Å². The molecule has 0 aliphatic carbocycles. The molecule has 0 radical (unpaired) electrons. The van der Waals surface area contributed by atoms with E-state index in [1.165, 1.54) is 0 Å². The number of benzene rings is 1. The predicted molar refractivity (Wildman–Crippen MR) is 71.2 cm³/mol. The Hall–Kier alpha value is -1.31. The van der Waals surface area contributed by atoms with Crippen LogP contribution in [0.4, 0.5) is 0 Å². The molecule has 0 N–H and O–H groups in total. The first-order valence-electron chi connectivity index (χ1n) is 5.89. The third-order valence-corrected chi connectivity index (χ3v) is 3.23. The van der Waals surface area contributed by atoms with E-state index in [-0.39, 0.29) is 11.2 Å². The Morgan fingerprint density at radius 3 is 2.06 bits per heavy atom. The van der Waals surface area contributed by atoms with Crippen molar-refractivity contribution < 1.29 is 9.53 Å². The number of Topliss-reactive ketones (excluding diaryl/α,β-unsaturated/α-hetero) is 1. The highest BCUT2D eigenvalue weighted by atomic mass is 16.5. The van der Waals surface area contributed by atoms with Crippen LogP contribution in [0.1, 0.15) is 54.7 Å². The van der Waals surface area contributed by atoms with Gasteiger partial charge in [-0.25, -0.2) is 0 Å². The van der Waals surface area contributed by atoms with Gasteiger partial charge in [-0.2, -0.15) is 0 Å². The van der Waals surface area contributed by atoms with Crippen LogP contribution in [0.2, 0.25) is 0 Å². The second-order valence-corrected chi connectivity index (χ2v) is 5.56. The van der Waals surface area contributed by atoms with Gasteiger partial charge in [0.05, 0.1) is 7.11 Å². The highest BCUT2D eigenvalue weighted by Crippen LogP contribution is 2.37. The van der Waals surface area contributed by atoms with Gasteiger partial charge >= 0.3 is 0 Å². The van der Waals surface area contributed by atoms with E-state index in [0.717, 1.165) is 28.0 Å². The van der Waals surface area contributed by atoms with E-state index in [4.69, 9.17) is 4.74 Å². The molecule has 0 heterocycles. The largest absolute Gasteiger partial charge is 0.496 e. The van der Waals surface area contributed by atoms with E-state index in [1.807, 2.05) is 19.9 Å². The molecule has 0 atom stereocenters. The van der Waals surface area contributed by atoms with Crippen molar-refractivity contribution in [2.45, 2.75) is 47.0 Å². The van der Waals surface area contributed by atoms with Crippen LogP contribution in [0, 0.1) is 13.8 Å². The van der Waals surface area contributed by atoms with Crippen LogP contribution >= 0.6 is 0 Å². The molecule has 1 rings (SSSR count). The summed E-state index contributed by atoms with van der Waals surface area (Å²) >= 11 is 0. The maximum atomic E-state index is 11.7. The second-order valence-electron chi connectivity index (χ2n) is 5.56. The van der Waals surface area contributed by atoms with Crippen LogP contribution in [-0.4, -0.2) is 12.9 Å². The minimum absolute atomic E-state index is 0.0337. The fourth-order valence-corrected chi connectivity index (χ4v) is 2.08. The number of ether oxygens (including phenoxy) is 1. The Morgan fingerprint density at radius 1 is 1.18 bits per heavy atom. The third-order valence-electron chi connectivity index (χ3n) is 3.23. The van der Waals surface area contributed by atoms with Gasteiger partial charge in [0.1, 0.15) is 5.75 Å². The molecule has 2 nitrogen and oxygen atoms in total. The fraction of sp³-hybridized carbons (Fsp3) is 0.533. The number of ketones is 1. The van der Waals surface area contributed by atoms with Gasteiger partial charge in [0.2, 0.25) is 0 Å². The normalized spacial score (nSPS) is 11.5. The Bertz CT molecular complexity index is 451. The van der Waals surface area contributed by atoms with E-state index in [9.17, 15) is 4.79 Å². The molecule has 1 aromatic rings. The lowest BCUT2D eigenvalue weighted by Gasteiger charge is -2.25. The minimum Gasteiger partial charge on any atom is -0.496 e. The highest BCUT2D eigenvalue weighted by Gasteiger charge is 2.23. The summed E-state index contributed by atoms with van der Waals surface area (Å²) in [5.41, 5.74) is 3.93. The van der Waals surface area contributed by atoms with Crippen LogP contribution in [0.15, 0.2) is 6.07 Å². The Balaban J connectivity index is 3.65. The van der Waals surface area contributed by atoms with Gasteiger partial charge in [0.15, 0.2) is 5.78 Å². The first-order chi connectivity index (χ1) is 7.70. The van der Waals surface area contributed by atoms with Crippen molar-refractivity contribution >= 4 is 5.78 Å². The summed E-state index contributed by atoms with van der Waals surface area (Å²) < 4.78 is 5.51. The summed E-state index contributed by atoms with van der Waals surface area (Å²) in [7, 11) is 1.68. The molecule has 0 unspecified atom stereocenters. The van der Waals surface area contributed by atoms with Gasteiger partial charge in [0, 0.05) is 11.1 Å². The van der Waals surface area contributed by atoms with Crippen molar-refractivity contribution in [1.29, 1.82) is 0 Å². The molecule has 0 aliphatic rings. The molecule has 0 spiro atoms. The van der Waals surface area contributed by atoms with Crippen LogP contribution in [-0.2, 0) is 5.41 Å². The van der Waals surface area contributed by atoms with Gasteiger partial charge in [-0.3, -0.25) is 4.79 Å². The standard InChI is InChI=1S/C15H22O2/c1-9-10(2)14(17-7)13(15(4,5)6)8-12(9)11(3)16/h8H,1-7H3. The summed E-state index contributed by atoms with van der Waals surface area (Å²) in [6.45, 7) is 12.0. The molecule has 94 valence electrons. The lowest BCUT2D eigenvalue weighted by Crippen LogP contribution is -2.16. The number of carbonyl (C=O) groups is 1. The third kappa shape index (κ3) is 2.51. The van der Waals surface area contributed by atoms with Crippen molar-refractivity contribution in [3.05, 3.63) is 28.3 Å². The summed E-state index contributed by atoms with van der Waals surface area (Å²) in [6.07, 6.45) is 0. The molecule has 2 heteroatoms. The monoisotopic (exact) mass is 234 g/mol. The molecule has 0 aromatic heterocycles. The lowest BCUT2D eigenvalue weighted by atomic mass is 9.82.